The van der Waals surface area contributed by atoms with Crippen LogP contribution in [0.2, 0.25) is 0 Å². The van der Waals surface area contributed by atoms with Gasteiger partial charge in [-0.1, -0.05) is 29.4 Å². The normalized spacial score (nSPS) is 10.9. The molecule has 136 valence electrons. The van der Waals surface area contributed by atoms with E-state index in [1.807, 2.05) is 31.2 Å². The number of aryl methyl sites for hydroxylation is 1. The smallest absolute Gasteiger partial charge is 0.260 e. The Balaban J connectivity index is 1.61. The van der Waals surface area contributed by atoms with Crippen molar-refractivity contribution in [3.63, 3.8) is 0 Å². The summed E-state index contributed by atoms with van der Waals surface area (Å²) in [6.45, 7) is 1.82. The minimum atomic E-state index is -0.413. The van der Waals surface area contributed by atoms with E-state index >= 15 is 0 Å². The number of oxazole rings is 1. The number of methoxy groups -OCH3 is 1. The number of halogens is 1. The summed E-state index contributed by atoms with van der Waals surface area (Å²) in [6, 6.07) is 13.7. The van der Waals surface area contributed by atoms with Crippen molar-refractivity contribution in [2.45, 2.75) is 13.3 Å². The molecule has 0 radical (unpaired) electrons. The van der Waals surface area contributed by atoms with Crippen LogP contribution in [0.25, 0.3) is 22.9 Å². The van der Waals surface area contributed by atoms with Gasteiger partial charge in [-0.05, 0) is 31.2 Å². The molecule has 2 heterocycles. The van der Waals surface area contributed by atoms with E-state index in [9.17, 15) is 4.39 Å². The lowest BCUT2D eigenvalue weighted by atomic mass is 10.2. The molecule has 4 rings (SSSR count). The molecule has 0 saturated heterocycles. The van der Waals surface area contributed by atoms with Gasteiger partial charge in [0.05, 0.1) is 30.4 Å². The molecule has 0 spiro atoms. The Morgan fingerprint density at radius 3 is 2.48 bits per heavy atom. The SMILES string of the molecule is COc1ccccc1-c1nc(Cc2noc(-c3ccccc3F)n2)c(C)o1. The number of para-hydroxylation sites is 1. The quantitative estimate of drug-likeness (QED) is 0.521. The van der Waals surface area contributed by atoms with Gasteiger partial charge in [0.15, 0.2) is 5.82 Å². The maximum absolute atomic E-state index is 13.9. The molecule has 0 bridgehead atoms. The van der Waals surface area contributed by atoms with Crippen LogP contribution in [0.3, 0.4) is 0 Å². The number of rotatable bonds is 5. The van der Waals surface area contributed by atoms with Crippen molar-refractivity contribution >= 4 is 0 Å². The van der Waals surface area contributed by atoms with E-state index in [2.05, 4.69) is 15.1 Å². The number of hydrogen-bond acceptors (Lipinski definition) is 6. The molecule has 0 fully saturated rings. The largest absolute Gasteiger partial charge is 0.496 e. The lowest BCUT2D eigenvalue weighted by Crippen LogP contribution is -1.94. The van der Waals surface area contributed by atoms with Crippen LogP contribution in [-0.2, 0) is 6.42 Å². The van der Waals surface area contributed by atoms with Crippen LogP contribution in [0.1, 0.15) is 17.3 Å². The highest BCUT2D eigenvalue weighted by atomic mass is 19.1. The van der Waals surface area contributed by atoms with Gasteiger partial charge in [0.1, 0.15) is 17.3 Å². The molecule has 2 aromatic carbocycles. The maximum atomic E-state index is 13.9. The predicted molar refractivity (Wildman–Crippen MR) is 95.7 cm³/mol. The average Bonchev–Trinajstić information content (AvgIpc) is 3.29. The third-order valence-corrected chi connectivity index (χ3v) is 4.13. The third kappa shape index (κ3) is 3.31. The fraction of sp³-hybridized carbons (Fsp3) is 0.150. The molecule has 0 aliphatic rings. The highest BCUT2D eigenvalue weighted by Gasteiger charge is 2.18. The zero-order chi connectivity index (χ0) is 18.8. The Morgan fingerprint density at radius 2 is 1.70 bits per heavy atom. The minimum absolute atomic E-state index is 0.134. The Hall–Kier alpha value is -3.48. The molecule has 0 amide bonds. The van der Waals surface area contributed by atoms with Gasteiger partial charge >= 0.3 is 0 Å². The van der Waals surface area contributed by atoms with Gasteiger partial charge in [-0.25, -0.2) is 9.37 Å². The summed E-state index contributed by atoms with van der Waals surface area (Å²) < 4.78 is 30.2. The summed E-state index contributed by atoms with van der Waals surface area (Å²) in [5.41, 5.74) is 1.70. The van der Waals surface area contributed by atoms with E-state index in [0.29, 0.717) is 35.3 Å². The van der Waals surface area contributed by atoms with E-state index < -0.39 is 5.82 Å². The van der Waals surface area contributed by atoms with Gasteiger partial charge in [-0.15, -0.1) is 0 Å². The molecule has 0 aliphatic carbocycles. The second-order valence-corrected chi connectivity index (χ2v) is 5.89. The lowest BCUT2D eigenvalue weighted by Gasteiger charge is -2.03. The van der Waals surface area contributed by atoms with Gasteiger partial charge in [-0.2, -0.15) is 4.98 Å². The summed E-state index contributed by atoms with van der Waals surface area (Å²) in [5, 5.41) is 3.93. The number of ether oxygens (including phenoxy) is 1. The first-order valence-corrected chi connectivity index (χ1v) is 8.33. The van der Waals surface area contributed by atoms with Crippen molar-refractivity contribution in [3.8, 4) is 28.7 Å². The van der Waals surface area contributed by atoms with E-state index in [0.717, 1.165) is 5.56 Å². The van der Waals surface area contributed by atoms with Crippen LogP contribution in [-0.4, -0.2) is 22.2 Å². The maximum Gasteiger partial charge on any atom is 0.260 e. The number of aromatic nitrogens is 3. The standard InChI is InChI=1S/C20H16FN3O3/c1-12-16(22-19(26-12)14-8-4-6-10-17(14)25-2)11-18-23-20(27-24-18)13-7-3-5-9-15(13)21/h3-10H,11H2,1-2H3. The first kappa shape index (κ1) is 17.0. The molecular formula is C20H16FN3O3. The van der Waals surface area contributed by atoms with Crippen molar-refractivity contribution < 1.29 is 18.1 Å². The minimum Gasteiger partial charge on any atom is -0.496 e. The predicted octanol–water partition coefficient (Wildman–Crippen LogP) is 4.44. The van der Waals surface area contributed by atoms with Gasteiger partial charge < -0.3 is 13.7 Å². The zero-order valence-electron chi connectivity index (χ0n) is 14.8. The summed E-state index contributed by atoms with van der Waals surface area (Å²) in [7, 11) is 1.60. The topological polar surface area (TPSA) is 74.2 Å². The fourth-order valence-corrected chi connectivity index (χ4v) is 2.75. The van der Waals surface area contributed by atoms with Gasteiger partial charge in [-0.3, -0.25) is 0 Å². The highest BCUT2D eigenvalue weighted by Crippen LogP contribution is 2.30. The Labute approximate surface area is 154 Å². The summed E-state index contributed by atoms with van der Waals surface area (Å²) >= 11 is 0. The number of nitrogens with zero attached hydrogens (tertiary/aromatic N) is 3. The molecule has 2 aromatic heterocycles. The van der Waals surface area contributed by atoms with Crippen LogP contribution in [0.4, 0.5) is 4.39 Å². The van der Waals surface area contributed by atoms with Crippen LogP contribution >= 0.6 is 0 Å². The molecule has 0 saturated carbocycles. The lowest BCUT2D eigenvalue weighted by molar-refractivity contribution is 0.414. The first-order chi connectivity index (χ1) is 13.2. The third-order valence-electron chi connectivity index (χ3n) is 4.13. The van der Waals surface area contributed by atoms with Gasteiger partial charge in [0, 0.05) is 0 Å². The van der Waals surface area contributed by atoms with Crippen LogP contribution in [0, 0.1) is 12.7 Å². The first-order valence-electron chi connectivity index (χ1n) is 8.33. The molecule has 0 N–H and O–H groups in total. The highest BCUT2D eigenvalue weighted by molar-refractivity contribution is 5.63. The second kappa shape index (κ2) is 7.03. The summed E-state index contributed by atoms with van der Waals surface area (Å²) in [4.78, 5) is 8.81. The molecule has 4 aromatic rings. The zero-order valence-corrected chi connectivity index (χ0v) is 14.8. The monoisotopic (exact) mass is 365 g/mol. The van der Waals surface area contributed by atoms with Crippen LogP contribution in [0.5, 0.6) is 5.75 Å². The molecule has 6 nitrogen and oxygen atoms in total. The average molecular weight is 365 g/mol. The molecule has 0 unspecified atom stereocenters. The van der Waals surface area contributed by atoms with Crippen LogP contribution in [0.15, 0.2) is 57.5 Å². The van der Waals surface area contributed by atoms with Crippen molar-refractivity contribution in [2.24, 2.45) is 0 Å². The fourth-order valence-electron chi connectivity index (χ4n) is 2.75. The Morgan fingerprint density at radius 1 is 0.963 bits per heavy atom. The molecule has 27 heavy (non-hydrogen) atoms. The van der Waals surface area contributed by atoms with Crippen LogP contribution < -0.4 is 4.74 Å². The van der Waals surface area contributed by atoms with E-state index in [4.69, 9.17) is 13.7 Å². The van der Waals surface area contributed by atoms with Crippen molar-refractivity contribution in [1.82, 2.24) is 15.1 Å². The van der Waals surface area contributed by atoms with E-state index in [1.54, 1.807) is 25.3 Å². The molecule has 0 aliphatic heterocycles. The molecule has 0 atom stereocenters. The van der Waals surface area contributed by atoms with Crippen molar-refractivity contribution in [1.29, 1.82) is 0 Å². The summed E-state index contributed by atoms with van der Waals surface area (Å²) in [5.74, 6) is 1.90. The van der Waals surface area contributed by atoms with Gasteiger partial charge in [0.25, 0.3) is 5.89 Å². The van der Waals surface area contributed by atoms with Crippen molar-refractivity contribution in [2.75, 3.05) is 7.11 Å². The Bertz CT molecular complexity index is 1090. The van der Waals surface area contributed by atoms with Gasteiger partial charge in [0.2, 0.25) is 5.89 Å². The van der Waals surface area contributed by atoms with E-state index in [1.165, 1.54) is 6.07 Å². The second-order valence-electron chi connectivity index (χ2n) is 5.89. The number of hydrogen-bond donors (Lipinski definition) is 0. The summed E-state index contributed by atoms with van der Waals surface area (Å²) in [6.07, 6.45) is 0.308. The number of benzene rings is 2. The van der Waals surface area contributed by atoms with E-state index in [-0.39, 0.29) is 11.5 Å². The molecular weight excluding hydrogens is 349 g/mol. The Kier molecular flexibility index (Phi) is 4.42. The molecule has 7 heteroatoms. The van der Waals surface area contributed by atoms with Crippen molar-refractivity contribution in [3.05, 3.63) is 71.6 Å².